The van der Waals surface area contributed by atoms with Gasteiger partial charge in [-0.15, -0.1) is 0 Å². The van der Waals surface area contributed by atoms with Gasteiger partial charge >= 0.3 is 47.7 Å². The molecule has 2 aliphatic carbocycles. The third kappa shape index (κ3) is 9.67. The number of carbonyl (C=O) groups excluding carboxylic acids is 2. The van der Waals surface area contributed by atoms with Gasteiger partial charge in [-0.2, -0.15) is 5.26 Å². The number of likely N-dealkylation sites (tertiary alicyclic amines) is 2. The zero-order valence-electron chi connectivity index (χ0n) is 30.5. The number of aliphatic carboxylic acids is 1. The molecule has 0 radical (unpaired) electrons. The normalized spacial score (nSPS) is 26.3. The summed E-state index contributed by atoms with van der Waals surface area (Å²) in [7, 11) is 0. The zero-order chi connectivity index (χ0) is 37.6. The van der Waals surface area contributed by atoms with Crippen molar-refractivity contribution in [1.82, 2.24) is 9.80 Å². The maximum Gasteiger partial charge on any atom is 1.00 e. The van der Waals surface area contributed by atoms with E-state index in [1.165, 1.54) is 21.9 Å². The number of carbonyl (C=O) groups is 3. The van der Waals surface area contributed by atoms with E-state index in [0.717, 1.165) is 15.4 Å². The number of hydrogen-bond acceptors (Lipinski definition) is 8. The summed E-state index contributed by atoms with van der Waals surface area (Å²) in [6.07, 6.45) is 0.0945. The van der Waals surface area contributed by atoms with E-state index in [4.69, 9.17) is 14.6 Å². The van der Waals surface area contributed by atoms with Gasteiger partial charge < -0.3 is 25.2 Å². The van der Waals surface area contributed by atoms with Crippen LogP contribution in [0.25, 0.3) is 0 Å². The van der Waals surface area contributed by atoms with Crippen LogP contribution in [0.3, 0.4) is 0 Å². The number of benzene rings is 2. The molecule has 280 valence electrons. The maximum atomic E-state index is 14.3. The average molecular weight is 868 g/mol. The maximum absolute atomic E-state index is 14.3. The molecule has 2 heterocycles. The number of aliphatic hydroxyl groups excluding tert-OH is 1. The molecular weight excluding hydrogens is 823 g/mol. The van der Waals surface area contributed by atoms with Gasteiger partial charge in [0.1, 0.15) is 34.9 Å². The Kier molecular flexibility index (Phi) is 15.0. The number of nitriles is 1. The second-order valence-electron chi connectivity index (χ2n) is 15.1. The van der Waals surface area contributed by atoms with Crippen molar-refractivity contribution in [2.45, 2.75) is 95.4 Å². The first-order valence-corrected chi connectivity index (χ1v) is 17.9. The smallest absolute Gasteiger partial charge is 0.870 e. The number of nitrogens with zero attached hydrogens (tertiary/aromatic N) is 3. The van der Waals surface area contributed by atoms with E-state index in [2.05, 4.69) is 37.9 Å². The van der Waals surface area contributed by atoms with Crippen molar-refractivity contribution in [2.24, 2.45) is 11.8 Å². The molecule has 2 saturated heterocycles. The van der Waals surface area contributed by atoms with Gasteiger partial charge in [0.2, 0.25) is 0 Å². The molecule has 0 aromatic heterocycles. The summed E-state index contributed by atoms with van der Waals surface area (Å²) in [4.78, 5) is 39.1. The van der Waals surface area contributed by atoms with E-state index in [1.54, 1.807) is 72.7 Å². The van der Waals surface area contributed by atoms with Gasteiger partial charge in [-0.25, -0.2) is 23.2 Å². The van der Waals surface area contributed by atoms with Crippen LogP contribution in [0.4, 0.5) is 18.4 Å². The number of hydrogen-bond donors (Lipinski definition) is 2. The number of rotatable bonds is 3. The van der Waals surface area contributed by atoms with Crippen LogP contribution in [0.15, 0.2) is 45.3 Å². The minimum atomic E-state index is -1.08. The Bertz CT molecular complexity index is 1700. The van der Waals surface area contributed by atoms with Crippen LogP contribution in [0, 0.1) is 34.8 Å². The molecule has 2 saturated carbocycles. The molecule has 2 aliphatic heterocycles. The van der Waals surface area contributed by atoms with Gasteiger partial charge in [-0.05, 0) is 109 Å². The first kappa shape index (κ1) is 45.8. The van der Waals surface area contributed by atoms with Gasteiger partial charge in [-0.1, -0.05) is 31.9 Å². The summed E-state index contributed by atoms with van der Waals surface area (Å²) < 4.78 is 40.8. The molecule has 2 aromatic rings. The van der Waals surface area contributed by atoms with E-state index in [9.17, 15) is 33.5 Å². The molecule has 0 spiro atoms. The molecular formula is C36H44Br2F2N3NaO8. The molecule has 6 atom stereocenters. The van der Waals surface area contributed by atoms with Crippen LogP contribution in [-0.4, -0.2) is 86.6 Å². The second-order valence-corrected chi connectivity index (χ2v) is 16.9. The molecule has 11 nitrogen and oxygen atoms in total. The van der Waals surface area contributed by atoms with Crippen LogP contribution >= 0.6 is 31.9 Å². The molecule has 6 rings (SSSR count). The summed E-state index contributed by atoms with van der Waals surface area (Å²) in [6, 6.07) is 10.1. The first-order chi connectivity index (χ1) is 23.1. The number of carboxylic acids is 1. The summed E-state index contributed by atoms with van der Waals surface area (Å²) in [6.45, 7) is 12.9. The summed E-state index contributed by atoms with van der Waals surface area (Å²) in [5.74, 6) is -2.09. The van der Waals surface area contributed by atoms with Crippen LogP contribution < -0.4 is 29.6 Å². The fourth-order valence-corrected chi connectivity index (χ4v) is 7.83. The van der Waals surface area contributed by atoms with Gasteiger partial charge in [-0.3, -0.25) is 9.80 Å². The van der Waals surface area contributed by atoms with Crippen molar-refractivity contribution in [1.29, 1.82) is 5.26 Å². The molecule has 4 fully saturated rings. The van der Waals surface area contributed by atoms with Crippen molar-refractivity contribution in [3.05, 3.63) is 68.1 Å². The molecule has 16 heteroatoms. The molecule has 0 bridgehead atoms. The van der Waals surface area contributed by atoms with Crippen molar-refractivity contribution >= 4 is 50.0 Å². The van der Waals surface area contributed by atoms with Crippen LogP contribution in [0.1, 0.15) is 72.4 Å². The predicted molar refractivity (Wildman–Crippen MR) is 189 cm³/mol. The fraction of sp³-hybridized carbons (Fsp3) is 0.556. The third-order valence-corrected chi connectivity index (χ3v) is 10.2. The zero-order valence-corrected chi connectivity index (χ0v) is 35.7. The Hall–Kier alpha value is -2.32. The minimum Gasteiger partial charge on any atom is -0.870 e. The summed E-state index contributed by atoms with van der Waals surface area (Å²) in [5, 5.41) is 26.6. The van der Waals surface area contributed by atoms with E-state index < -0.39 is 52.3 Å². The molecule has 4 aliphatic rings. The van der Waals surface area contributed by atoms with E-state index in [1.807, 2.05) is 0 Å². The van der Waals surface area contributed by atoms with Crippen LogP contribution in [0.5, 0.6) is 0 Å². The SMILES string of the molecule is CC(C)(C)OC(=O)N1C[C@@]2(c3cc(Br)ccc3F)C[C@H]2C1C#N.CC(C)(C)OC(=O)N1C[C@@]2(c3cc(Br)ccc3F)C[C@H]2C1C(=O)O.CCO.[Na+].[OH-]. The summed E-state index contributed by atoms with van der Waals surface area (Å²) >= 11 is 6.69. The largest absolute Gasteiger partial charge is 1.00 e. The first-order valence-electron chi connectivity index (χ1n) is 16.3. The number of amides is 2. The van der Waals surface area contributed by atoms with Gasteiger partial charge in [0.15, 0.2) is 0 Å². The topological polar surface area (TPSA) is 170 Å². The van der Waals surface area contributed by atoms with E-state index >= 15 is 0 Å². The number of fused-ring (bicyclic) bond motifs is 2. The fourth-order valence-electron chi connectivity index (χ4n) is 7.11. The molecule has 2 unspecified atom stereocenters. The van der Waals surface area contributed by atoms with Crippen molar-refractivity contribution in [3.63, 3.8) is 0 Å². The number of carboxylic acid groups (broad SMARTS) is 1. The molecule has 2 aromatic carbocycles. The van der Waals surface area contributed by atoms with E-state index in [0.29, 0.717) is 24.1 Å². The average Bonchev–Trinajstić information content (AvgIpc) is 3.83. The second kappa shape index (κ2) is 17.0. The Morgan fingerprint density at radius 1 is 0.865 bits per heavy atom. The van der Waals surface area contributed by atoms with Gasteiger partial charge in [0, 0.05) is 51.3 Å². The summed E-state index contributed by atoms with van der Waals surface area (Å²) in [5.41, 5.74) is -1.43. The van der Waals surface area contributed by atoms with Crippen LogP contribution in [-0.2, 0) is 25.1 Å². The quantitative estimate of drug-likeness (QED) is 0.426. The van der Waals surface area contributed by atoms with Crippen molar-refractivity contribution in [2.75, 3.05) is 19.7 Å². The Balaban J connectivity index is 0.000000324. The monoisotopic (exact) mass is 865 g/mol. The molecule has 2 amide bonds. The Morgan fingerprint density at radius 3 is 1.65 bits per heavy atom. The number of ether oxygens (including phenoxy) is 2. The Morgan fingerprint density at radius 2 is 1.25 bits per heavy atom. The van der Waals surface area contributed by atoms with Gasteiger partial charge in [0.25, 0.3) is 0 Å². The number of halogens is 4. The standard InChI is InChI=1S/C17H18BrFN2O2.C17H19BrFNO4.C2H6O.Na.H2O/c1-16(2,3)23-15(22)21-9-17(7-12(17)14(21)8-20)11-6-10(18)4-5-13(11)19;1-16(2,3)24-15(23)20-8-17(7-11(17)13(20)14(21)22)10-6-9(18)4-5-12(10)19;1-2-3;;/h4-6,12,14H,7,9H2,1-3H3;4-6,11,13H,7-8H2,1-3H3,(H,21,22);3H,2H2,1H3;;1H2/q;;;+1;/p-1/t12-,14?,17+;11-,13?,17+;;;/m00.../s1. The number of aliphatic hydroxyl groups is 1. The molecule has 3 N–H and O–H groups in total. The van der Waals surface area contributed by atoms with Crippen molar-refractivity contribution in [3.8, 4) is 6.07 Å². The van der Waals surface area contributed by atoms with E-state index in [-0.39, 0.29) is 71.7 Å². The Labute approximate surface area is 341 Å². The van der Waals surface area contributed by atoms with Crippen LogP contribution in [0.2, 0.25) is 0 Å². The van der Waals surface area contributed by atoms with Gasteiger partial charge in [0.05, 0.1) is 6.07 Å². The minimum absolute atomic E-state index is 0. The molecule has 52 heavy (non-hydrogen) atoms. The third-order valence-electron chi connectivity index (χ3n) is 9.18. The van der Waals surface area contributed by atoms with Crippen molar-refractivity contribution < 1.29 is 77.9 Å². The predicted octanol–water partition coefficient (Wildman–Crippen LogP) is 4.36. The number of piperidine rings is 2.